The van der Waals surface area contributed by atoms with E-state index in [1.165, 1.54) is 0 Å². The van der Waals surface area contributed by atoms with Gasteiger partial charge in [-0.05, 0) is 25.7 Å². The van der Waals surface area contributed by atoms with Gasteiger partial charge in [-0.2, -0.15) is 0 Å². The zero-order valence-corrected chi connectivity index (χ0v) is 6.44. The van der Waals surface area contributed by atoms with Crippen molar-refractivity contribution in [2.75, 3.05) is 13.2 Å². The van der Waals surface area contributed by atoms with E-state index in [1.807, 2.05) is 0 Å². The van der Waals surface area contributed by atoms with Crippen LogP contribution in [0.4, 0.5) is 0 Å². The highest BCUT2D eigenvalue weighted by Gasteiger charge is 2.31. The van der Waals surface area contributed by atoms with Crippen molar-refractivity contribution in [2.24, 2.45) is 5.92 Å². The molecule has 1 aliphatic rings. The molecule has 0 aromatic heterocycles. The third kappa shape index (κ3) is 2.15. The predicted molar refractivity (Wildman–Crippen MR) is 39.9 cm³/mol. The molecule has 0 saturated carbocycles. The van der Waals surface area contributed by atoms with Gasteiger partial charge in [-0.1, -0.05) is 0 Å². The van der Waals surface area contributed by atoms with Crippen LogP contribution in [0.3, 0.4) is 0 Å². The van der Waals surface area contributed by atoms with Crippen LogP contribution in [0.1, 0.15) is 12.8 Å². The van der Waals surface area contributed by atoms with Crippen molar-refractivity contribution in [1.82, 2.24) is 0 Å². The van der Waals surface area contributed by atoms with Crippen molar-refractivity contribution in [3.8, 4) is 0 Å². The quantitative estimate of drug-likeness (QED) is 0.600. The van der Waals surface area contributed by atoms with E-state index in [4.69, 9.17) is 21.9 Å². The summed E-state index contributed by atoms with van der Waals surface area (Å²) in [5, 5.41) is 17.5. The van der Waals surface area contributed by atoms with Gasteiger partial charge < -0.3 is 14.9 Å². The lowest BCUT2D eigenvalue weighted by atomic mass is 9.97. The number of ether oxygens (including phenoxy) is 1. The molecule has 1 heterocycles. The second-order valence-corrected chi connectivity index (χ2v) is 2.90. The molecule has 3 nitrogen and oxygen atoms in total. The topological polar surface area (TPSA) is 49.7 Å². The van der Waals surface area contributed by atoms with E-state index in [1.54, 1.807) is 0 Å². The van der Waals surface area contributed by atoms with Crippen LogP contribution in [0.25, 0.3) is 0 Å². The van der Waals surface area contributed by atoms with E-state index in [-0.39, 0.29) is 31.3 Å². The summed E-state index contributed by atoms with van der Waals surface area (Å²) in [4.78, 5) is 0. The van der Waals surface area contributed by atoms with Crippen LogP contribution in [0.2, 0.25) is 0 Å². The number of aliphatic hydroxyl groups excluding tert-OH is 2. The molecule has 0 spiro atoms. The molecule has 3 atom stereocenters. The standard InChI is InChI=1S/C8H14O3/c1-6-4-7(2-3-9)8(5-10)11-6/h1,6-10H,2-5H2/t6-,7+,8+/m0/s1. The van der Waals surface area contributed by atoms with E-state index < -0.39 is 0 Å². The lowest BCUT2D eigenvalue weighted by molar-refractivity contribution is 0.0119. The maximum absolute atomic E-state index is 8.82. The fourth-order valence-corrected chi connectivity index (χ4v) is 1.50. The SMILES string of the molecule is [CH][C@H]1C[C@@H](CCO)[C@@H](CO)O1. The van der Waals surface area contributed by atoms with Gasteiger partial charge >= 0.3 is 0 Å². The van der Waals surface area contributed by atoms with Gasteiger partial charge in [0.15, 0.2) is 0 Å². The summed E-state index contributed by atoms with van der Waals surface area (Å²) >= 11 is 0. The molecule has 2 radical (unpaired) electrons. The Morgan fingerprint density at radius 1 is 1.45 bits per heavy atom. The van der Waals surface area contributed by atoms with Gasteiger partial charge in [0.25, 0.3) is 0 Å². The Balaban J connectivity index is 2.37. The van der Waals surface area contributed by atoms with Gasteiger partial charge in [-0.15, -0.1) is 0 Å². The molecule has 11 heavy (non-hydrogen) atoms. The Morgan fingerprint density at radius 3 is 2.73 bits per heavy atom. The maximum Gasteiger partial charge on any atom is 0.0839 e. The molecule has 0 bridgehead atoms. The first-order valence-electron chi connectivity index (χ1n) is 3.90. The molecule has 0 aromatic carbocycles. The van der Waals surface area contributed by atoms with E-state index in [0.29, 0.717) is 6.42 Å². The normalized spacial score (nSPS) is 37.9. The van der Waals surface area contributed by atoms with Crippen molar-refractivity contribution in [3.63, 3.8) is 0 Å². The van der Waals surface area contributed by atoms with Crippen molar-refractivity contribution < 1.29 is 14.9 Å². The molecular formula is C8H14O3. The van der Waals surface area contributed by atoms with E-state index >= 15 is 0 Å². The van der Waals surface area contributed by atoms with Crippen LogP contribution in [0.5, 0.6) is 0 Å². The second kappa shape index (κ2) is 4.04. The second-order valence-electron chi connectivity index (χ2n) is 2.90. The average molecular weight is 158 g/mol. The predicted octanol–water partition coefficient (Wildman–Crippen LogP) is -0.154. The van der Waals surface area contributed by atoms with Gasteiger partial charge in [-0.25, -0.2) is 0 Å². The minimum Gasteiger partial charge on any atom is -0.396 e. The Morgan fingerprint density at radius 2 is 2.18 bits per heavy atom. The highest BCUT2D eigenvalue weighted by molar-refractivity contribution is 4.82. The maximum atomic E-state index is 8.82. The van der Waals surface area contributed by atoms with Gasteiger partial charge in [0, 0.05) is 6.61 Å². The molecule has 1 aliphatic heterocycles. The lowest BCUT2D eigenvalue weighted by Crippen LogP contribution is -2.21. The summed E-state index contributed by atoms with van der Waals surface area (Å²) in [7, 11) is 0. The highest BCUT2D eigenvalue weighted by atomic mass is 16.5. The molecule has 3 heteroatoms. The summed E-state index contributed by atoms with van der Waals surface area (Å²) in [5.74, 6) is 0.222. The Hall–Kier alpha value is -0.120. The van der Waals surface area contributed by atoms with Crippen molar-refractivity contribution in [1.29, 1.82) is 0 Å². The average Bonchev–Trinajstić information content (AvgIpc) is 2.32. The summed E-state index contributed by atoms with van der Waals surface area (Å²) < 4.78 is 5.19. The molecule has 0 aromatic rings. The first-order valence-corrected chi connectivity index (χ1v) is 3.90. The van der Waals surface area contributed by atoms with Gasteiger partial charge in [0.05, 0.1) is 18.8 Å². The molecule has 0 amide bonds. The zero-order valence-electron chi connectivity index (χ0n) is 6.44. The molecule has 1 fully saturated rings. The Labute approximate surface area is 67.0 Å². The fourth-order valence-electron chi connectivity index (χ4n) is 1.50. The van der Waals surface area contributed by atoms with E-state index in [0.717, 1.165) is 6.42 Å². The molecule has 1 saturated heterocycles. The Bertz CT molecular complexity index is 116. The fraction of sp³-hybridized carbons (Fsp3) is 0.875. The van der Waals surface area contributed by atoms with Crippen LogP contribution >= 0.6 is 0 Å². The van der Waals surface area contributed by atoms with Crippen molar-refractivity contribution in [3.05, 3.63) is 6.92 Å². The molecule has 0 unspecified atom stereocenters. The van der Waals surface area contributed by atoms with Gasteiger partial charge in [0.2, 0.25) is 0 Å². The first-order chi connectivity index (χ1) is 5.27. The Kier molecular flexibility index (Phi) is 3.30. The molecule has 1 rings (SSSR count). The number of aliphatic hydroxyl groups is 2. The van der Waals surface area contributed by atoms with E-state index in [2.05, 4.69) is 0 Å². The highest BCUT2D eigenvalue weighted by Crippen LogP contribution is 2.27. The molecular weight excluding hydrogens is 144 g/mol. The molecule has 2 N–H and O–H groups in total. The van der Waals surface area contributed by atoms with Crippen LogP contribution in [-0.4, -0.2) is 35.6 Å². The number of hydrogen-bond donors (Lipinski definition) is 2. The largest absolute Gasteiger partial charge is 0.396 e. The smallest absolute Gasteiger partial charge is 0.0839 e. The van der Waals surface area contributed by atoms with Crippen LogP contribution in [-0.2, 0) is 4.74 Å². The summed E-state index contributed by atoms with van der Waals surface area (Å²) in [6.07, 6.45) is 0.978. The van der Waals surface area contributed by atoms with Crippen molar-refractivity contribution >= 4 is 0 Å². The lowest BCUT2D eigenvalue weighted by Gasteiger charge is -2.13. The minimum absolute atomic E-state index is 0.00162. The number of hydrogen-bond acceptors (Lipinski definition) is 3. The van der Waals surface area contributed by atoms with Crippen LogP contribution in [0, 0.1) is 12.8 Å². The van der Waals surface area contributed by atoms with Crippen LogP contribution in [0.15, 0.2) is 0 Å². The monoisotopic (exact) mass is 158 g/mol. The molecule has 0 aliphatic carbocycles. The third-order valence-electron chi connectivity index (χ3n) is 2.09. The van der Waals surface area contributed by atoms with Gasteiger partial charge in [0.1, 0.15) is 0 Å². The third-order valence-corrected chi connectivity index (χ3v) is 2.09. The van der Waals surface area contributed by atoms with E-state index in [9.17, 15) is 0 Å². The van der Waals surface area contributed by atoms with Crippen molar-refractivity contribution in [2.45, 2.75) is 25.0 Å². The zero-order chi connectivity index (χ0) is 8.27. The summed E-state index contributed by atoms with van der Waals surface area (Å²) in [6, 6.07) is 0. The number of rotatable bonds is 3. The molecule has 64 valence electrons. The first kappa shape index (κ1) is 8.97. The summed E-state index contributed by atoms with van der Waals surface area (Å²) in [6.45, 7) is 5.64. The minimum atomic E-state index is -0.260. The van der Waals surface area contributed by atoms with Crippen LogP contribution < -0.4 is 0 Å². The summed E-state index contributed by atoms with van der Waals surface area (Å²) in [5.41, 5.74) is 0. The van der Waals surface area contributed by atoms with Gasteiger partial charge in [-0.3, -0.25) is 0 Å².